The van der Waals surface area contributed by atoms with Gasteiger partial charge in [0, 0.05) is 0 Å². The molecule has 0 amide bonds. The highest BCUT2D eigenvalue weighted by Gasteiger charge is 2.22. The van der Waals surface area contributed by atoms with Crippen molar-refractivity contribution < 1.29 is 5.11 Å². The first kappa shape index (κ1) is 10.6. The summed E-state index contributed by atoms with van der Waals surface area (Å²) in [5, 5.41) is 20.9. The van der Waals surface area contributed by atoms with Crippen molar-refractivity contribution in [3.63, 3.8) is 0 Å². The van der Waals surface area contributed by atoms with E-state index in [9.17, 15) is 5.11 Å². The Labute approximate surface area is 93.7 Å². The fraction of sp³-hybridized carbons (Fsp3) is 0.600. The van der Waals surface area contributed by atoms with Gasteiger partial charge in [0.15, 0.2) is 5.15 Å². The normalized spacial score (nSPS) is 26.3. The standard InChI is InChI=1S/C10H14ClN3O/c11-9-5-6-10(14-13-9)12-7-3-1-2-4-8(7)15/h5-8,15H,1-4H2,(H,12,14). The minimum Gasteiger partial charge on any atom is -0.391 e. The molecule has 1 heterocycles. The van der Waals surface area contributed by atoms with Crippen LogP contribution in [0.2, 0.25) is 5.15 Å². The molecule has 2 unspecified atom stereocenters. The Bertz CT molecular complexity index is 317. The maximum Gasteiger partial charge on any atom is 0.151 e. The Morgan fingerprint density at radius 1 is 1.27 bits per heavy atom. The van der Waals surface area contributed by atoms with Gasteiger partial charge in [-0.25, -0.2) is 0 Å². The van der Waals surface area contributed by atoms with Crippen LogP contribution in [-0.4, -0.2) is 27.4 Å². The average Bonchev–Trinajstić information content (AvgIpc) is 2.25. The van der Waals surface area contributed by atoms with Crippen molar-refractivity contribution in [2.24, 2.45) is 0 Å². The Balaban J connectivity index is 1.98. The molecule has 0 saturated heterocycles. The van der Waals surface area contributed by atoms with E-state index in [1.807, 2.05) is 0 Å². The molecule has 5 heteroatoms. The predicted octanol–water partition coefficient (Wildman–Crippen LogP) is 1.85. The molecule has 1 aromatic heterocycles. The summed E-state index contributed by atoms with van der Waals surface area (Å²) in [5.41, 5.74) is 0. The van der Waals surface area contributed by atoms with E-state index in [0.717, 1.165) is 25.7 Å². The monoisotopic (exact) mass is 227 g/mol. The molecule has 0 bridgehead atoms. The number of aliphatic hydroxyl groups is 1. The maximum atomic E-state index is 9.75. The van der Waals surface area contributed by atoms with Gasteiger partial charge in [0.25, 0.3) is 0 Å². The second-order valence-corrected chi connectivity index (χ2v) is 4.23. The first-order chi connectivity index (χ1) is 7.25. The van der Waals surface area contributed by atoms with Crippen LogP contribution in [0.3, 0.4) is 0 Å². The fourth-order valence-electron chi connectivity index (χ4n) is 1.86. The molecule has 82 valence electrons. The smallest absolute Gasteiger partial charge is 0.151 e. The van der Waals surface area contributed by atoms with Crippen LogP contribution in [0.4, 0.5) is 5.82 Å². The minimum absolute atomic E-state index is 0.0919. The van der Waals surface area contributed by atoms with Crippen molar-refractivity contribution in [2.75, 3.05) is 5.32 Å². The average molecular weight is 228 g/mol. The van der Waals surface area contributed by atoms with Gasteiger partial charge in [-0.3, -0.25) is 0 Å². The lowest BCUT2D eigenvalue weighted by molar-refractivity contribution is 0.116. The molecule has 1 saturated carbocycles. The molecule has 4 nitrogen and oxygen atoms in total. The Kier molecular flexibility index (Phi) is 3.38. The summed E-state index contributed by atoms with van der Waals surface area (Å²) in [7, 11) is 0. The molecule has 0 aromatic carbocycles. The van der Waals surface area contributed by atoms with Gasteiger partial charge in [-0.1, -0.05) is 24.4 Å². The van der Waals surface area contributed by atoms with Crippen LogP contribution in [0, 0.1) is 0 Å². The topological polar surface area (TPSA) is 58.0 Å². The van der Waals surface area contributed by atoms with E-state index in [1.54, 1.807) is 12.1 Å². The lowest BCUT2D eigenvalue weighted by atomic mass is 9.93. The largest absolute Gasteiger partial charge is 0.391 e. The number of nitrogens with zero attached hydrogens (tertiary/aromatic N) is 2. The van der Waals surface area contributed by atoms with Gasteiger partial charge < -0.3 is 10.4 Å². The van der Waals surface area contributed by atoms with Gasteiger partial charge in [0.1, 0.15) is 5.82 Å². The Morgan fingerprint density at radius 3 is 2.73 bits per heavy atom. The van der Waals surface area contributed by atoms with Crippen LogP contribution in [0.15, 0.2) is 12.1 Å². The molecule has 1 aliphatic carbocycles. The van der Waals surface area contributed by atoms with Crippen LogP contribution in [0.1, 0.15) is 25.7 Å². The molecular formula is C10H14ClN3O. The summed E-state index contributed by atoms with van der Waals surface area (Å²) in [6, 6.07) is 3.55. The number of anilines is 1. The van der Waals surface area contributed by atoms with Crippen LogP contribution < -0.4 is 5.32 Å². The van der Waals surface area contributed by atoms with Crippen molar-refractivity contribution in [1.82, 2.24) is 10.2 Å². The highest BCUT2D eigenvalue weighted by atomic mass is 35.5. The van der Waals surface area contributed by atoms with Gasteiger partial charge in [-0.2, -0.15) is 0 Å². The number of halogens is 1. The first-order valence-corrected chi connectivity index (χ1v) is 5.57. The second kappa shape index (κ2) is 4.77. The molecule has 1 aliphatic rings. The molecule has 2 N–H and O–H groups in total. The maximum absolute atomic E-state index is 9.75. The number of hydrogen-bond donors (Lipinski definition) is 2. The number of nitrogens with one attached hydrogen (secondary N) is 1. The summed E-state index contributed by atoms with van der Waals surface area (Å²) in [5.74, 6) is 0.672. The van der Waals surface area contributed by atoms with E-state index < -0.39 is 0 Å². The predicted molar refractivity (Wildman–Crippen MR) is 58.9 cm³/mol. The fourth-order valence-corrected chi connectivity index (χ4v) is 1.96. The van der Waals surface area contributed by atoms with Gasteiger partial charge >= 0.3 is 0 Å². The van der Waals surface area contributed by atoms with Crippen LogP contribution in [0.5, 0.6) is 0 Å². The van der Waals surface area contributed by atoms with E-state index in [2.05, 4.69) is 15.5 Å². The molecule has 0 spiro atoms. The quantitative estimate of drug-likeness (QED) is 0.810. The molecule has 15 heavy (non-hydrogen) atoms. The Hall–Kier alpha value is -0.870. The van der Waals surface area contributed by atoms with Crippen molar-refractivity contribution >= 4 is 17.4 Å². The van der Waals surface area contributed by atoms with E-state index in [1.165, 1.54) is 0 Å². The molecule has 0 aliphatic heterocycles. The summed E-state index contributed by atoms with van der Waals surface area (Å²) in [6.45, 7) is 0. The number of hydrogen-bond acceptors (Lipinski definition) is 4. The molecule has 1 aromatic rings. The van der Waals surface area contributed by atoms with Gasteiger partial charge in [-0.15, -0.1) is 10.2 Å². The molecular weight excluding hydrogens is 214 g/mol. The molecule has 1 fully saturated rings. The third kappa shape index (κ3) is 2.79. The number of aromatic nitrogens is 2. The molecule has 0 radical (unpaired) electrons. The molecule has 2 rings (SSSR count). The lowest BCUT2D eigenvalue weighted by Crippen LogP contribution is -2.36. The zero-order valence-electron chi connectivity index (χ0n) is 8.36. The van der Waals surface area contributed by atoms with Gasteiger partial charge in [-0.05, 0) is 25.0 Å². The number of rotatable bonds is 2. The van der Waals surface area contributed by atoms with Crippen molar-refractivity contribution in [1.29, 1.82) is 0 Å². The zero-order chi connectivity index (χ0) is 10.7. The van der Waals surface area contributed by atoms with Crippen molar-refractivity contribution in [3.05, 3.63) is 17.3 Å². The first-order valence-electron chi connectivity index (χ1n) is 5.19. The van der Waals surface area contributed by atoms with Gasteiger partial charge in [0.05, 0.1) is 12.1 Å². The summed E-state index contributed by atoms with van der Waals surface area (Å²) < 4.78 is 0. The van der Waals surface area contributed by atoms with E-state index >= 15 is 0 Å². The minimum atomic E-state index is -0.281. The van der Waals surface area contributed by atoms with Gasteiger partial charge in [0.2, 0.25) is 0 Å². The van der Waals surface area contributed by atoms with Crippen LogP contribution in [-0.2, 0) is 0 Å². The lowest BCUT2D eigenvalue weighted by Gasteiger charge is -2.28. The highest BCUT2D eigenvalue weighted by molar-refractivity contribution is 6.29. The SMILES string of the molecule is OC1CCCCC1Nc1ccc(Cl)nn1. The highest BCUT2D eigenvalue weighted by Crippen LogP contribution is 2.21. The Morgan fingerprint density at radius 2 is 2.07 bits per heavy atom. The second-order valence-electron chi connectivity index (χ2n) is 3.84. The van der Waals surface area contributed by atoms with Crippen LogP contribution in [0.25, 0.3) is 0 Å². The third-order valence-corrected chi connectivity index (χ3v) is 2.90. The van der Waals surface area contributed by atoms with Crippen LogP contribution >= 0.6 is 11.6 Å². The van der Waals surface area contributed by atoms with Crippen molar-refractivity contribution in [3.8, 4) is 0 Å². The number of aliphatic hydroxyl groups excluding tert-OH is 1. The van der Waals surface area contributed by atoms with E-state index in [-0.39, 0.29) is 12.1 Å². The molecule has 2 atom stereocenters. The van der Waals surface area contributed by atoms with E-state index in [4.69, 9.17) is 11.6 Å². The summed E-state index contributed by atoms with van der Waals surface area (Å²) in [4.78, 5) is 0. The summed E-state index contributed by atoms with van der Waals surface area (Å²) >= 11 is 5.63. The van der Waals surface area contributed by atoms with Crippen molar-refractivity contribution in [2.45, 2.75) is 37.8 Å². The third-order valence-electron chi connectivity index (χ3n) is 2.69. The summed E-state index contributed by atoms with van der Waals surface area (Å²) in [6.07, 6.45) is 3.81. The van der Waals surface area contributed by atoms with E-state index in [0.29, 0.717) is 11.0 Å². The zero-order valence-corrected chi connectivity index (χ0v) is 9.11.